The molecule has 25 heavy (non-hydrogen) atoms. The Hall–Kier alpha value is -2.44. The molecule has 1 saturated carbocycles. The fraction of sp³-hybridized carbons (Fsp3) is 0.556. The highest BCUT2D eigenvalue weighted by molar-refractivity contribution is 5.84. The van der Waals surface area contributed by atoms with Crippen molar-refractivity contribution in [3.63, 3.8) is 0 Å². The number of aromatic nitrogens is 4. The Morgan fingerprint density at radius 1 is 1.32 bits per heavy atom. The predicted octanol–water partition coefficient (Wildman–Crippen LogP) is 1.35. The quantitative estimate of drug-likeness (QED) is 0.889. The van der Waals surface area contributed by atoms with Gasteiger partial charge >= 0.3 is 0 Å². The van der Waals surface area contributed by atoms with Crippen molar-refractivity contribution >= 4 is 11.9 Å². The van der Waals surface area contributed by atoms with Gasteiger partial charge in [0.1, 0.15) is 0 Å². The lowest BCUT2D eigenvalue weighted by molar-refractivity contribution is -0.125. The zero-order valence-corrected chi connectivity index (χ0v) is 14.7. The fourth-order valence-electron chi connectivity index (χ4n) is 3.61. The number of aryl methyl sites for hydroxylation is 1. The van der Waals surface area contributed by atoms with E-state index in [4.69, 9.17) is 0 Å². The van der Waals surface area contributed by atoms with Crippen LogP contribution in [-0.2, 0) is 11.8 Å². The number of rotatable bonds is 5. The number of hydrogen-bond acceptors (Lipinski definition) is 5. The van der Waals surface area contributed by atoms with Crippen molar-refractivity contribution in [2.24, 2.45) is 18.4 Å². The average molecular weight is 340 g/mol. The Morgan fingerprint density at radius 3 is 2.72 bits per heavy atom. The van der Waals surface area contributed by atoms with Crippen molar-refractivity contribution in [2.45, 2.75) is 25.7 Å². The molecule has 2 atom stereocenters. The largest absolute Gasteiger partial charge is 0.355 e. The Morgan fingerprint density at radius 2 is 2.08 bits per heavy atom. The van der Waals surface area contributed by atoms with Gasteiger partial charge in [-0.05, 0) is 18.9 Å². The van der Waals surface area contributed by atoms with E-state index in [9.17, 15) is 4.79 Å². The lowest BCUT2D eigenvalue weighted by atomic mass is 9.92. The molecule has 0 aromatic carbocycles. The minimum Gasteiger partial charge on any atom is -0.355 e. The molecule has 0 bridgehead atoms. The second-order valence-electron chi connectivity index (χ2n) is 7.52. The third kappa shape index (κ3) is 3.10. The maximum absolute atomic E-state index is 12.3. The number of carbonyl (C=O) groups is 1. The van der Waals surface area contributed by atoms with Gasteiger partial charge in [0.05, 0.1) is 6.33 Å². The predicted molar refractivity (Wildman–Crippen MR) is 94.0 cm³/mol. The third-order valence-electron chi connectivity index (χ3n) is 5.58. The summed E-state index contributed by atoms with van der Waals surface area (Å²) in [6, 6.07) is 1.83. The van der Waals surface area contributed by atoms with Gasteiger partial charge in [0.2, 0.25) is 11.9 Å². The zero-order chi connectivity index (χ0) is 17.4. The van der Waals surface area contributed by atoms with E-state index < -0.39 is 0 Å². The Bertz CT molecular complexity index is 754. The van der Waals surface area contributed by atoms with Crippen LogP contribution in [0, 0.1) is 11.3 Å². The Labute approximate surface area is 147 Å². The topological polar surface area (TPSA) is 75.9 Å². The molecule has 1 aliphatic heterocycles. The van der Waals surface area contributed by atoms with Crippen LogP contribution in [0.2, 0.25) is 0 Å². The molecule has 0 unspecified atom stereocenters. The van der Waals surface area contributed by atoms with Crippen LogP contribution in [0.25, 0.3) is 0 Å². The second kappa shape index (κ2) is 6.13. The van der Waals surface area contributed by atoms with E-state index >= 15 is 0 Å². The summed E-state index contributed by atoms with van der Waals surface area (Å²) < 4.78 is 2.07. The van der Waals surface area contributed by atoms with Crippen LogP contribution in [-0.4, -0.2) is 45.1 Å². The molecule has 4 rings (SSSR count). The highest BCUT2D eigenvalue weighted by atomic mass is 16.2. The molecular weight excluding hydrogens is 316 g/mol. The van der Waals surface area contributed by atoms with Crippen molar-refractivity contribution < 1.29 is 4.79 Å². The van der Waals surface area contributed by atoms with Crippen molar-refractivity contribution in [3.8, 4) is 0 Å². The monoisotopic (exact) mass is 340 g/mol. The molecule has 7 heteroatoms. The number of imidazole rings is 1. The van der Waals surface area contributed by atoms with Crippen molar-refractivity contribution in [2.75, 3.05) is 24.5 Å². The molecule has 7 nitrogen and oxygen atoms in total. The van der Waals surface area contributed by atoms with Gasteiger partial charge in [0, 0.05) is 68.2 Å². The van der Waals surface area contributed by atoms with Gasteiger partial charge in [0.25, 0.3) is 0 Å². The van der Waals surface area contributed by atoms with Crippen LogP contribution >= 0.6 is 0 Å². The minimum absolute atomic E-state index is 0.136. The maximum atomic E-state index is 12.3. The summed E-state index contributed by atoms with van der Waals surface area (Å²) in [5, 5.41) is 3.17. The molecule has 1 aliphatic carbocycles. The van der Waals surface area contributed by atoms with Gasteiger partial charge in [-0.2, -0.15) is 0 Å². The summed E-state index contributed by atoms with van der Waals surface area (Å²) >= 11 is 0. The summed E-state index contributed by atoms with van der Waals surface area (Å²) in [6.45, 7) is 4.38. The van der Waals surface area contributed by atoms with Crippen LogP contribution < -0.4 is 10.2 Å². The standard InChI is InChI=1S/C18H24N6O/c1-18(4-5-18)16(25)22-8-13-10-24(17-20-6-3-7-21-17)11-14(13)15-9-19-12-23(15)2/h3,6-7,9,12-14H,4-5,8,10-11H2,1-2H3,(H,22,25)/t13-,14-/m1/s1. The summed E-state index contributed by atoms with van der Waals surface area (Å²) in [6.07, 6.45) is 9.29. The zero-order valence-electron chi connectivity index (χ0n) is 14.7. The van der Waals surface area contributed by atoms with Gasteiger partial charge in [-0.1, -0.05) is 6.92 Å². The number of nitrogens with zero attached hydrogens (tertiary/aromatic N) is 5. The minimum atomic E-state index is -0.136. The van der Waals surface area contributed by atoms with Crippen LogP contribution in [0.1, 0.15) is 31.4 Å². The van der Waals surface area contributed by atoms with Crippen LogP contribution in [0.4, 0.5) is 5.95 Å². The van der Waals surface area contributed by atoms with E-state index in [2.05, 4.69) is 29.7 Å². The van der Waals surface area contributed by atoms with Crippen LogP contribution in [0.3, 0.4) is 0 Å². The molecule has 2 aliphatic rings. The molecule has 3 heterocycles. The molecule has 1 saturated heterocycles. The molecule has 1 amide bonds. The Kier molecular flexibility index (Phi) is 3.94. The highest BCUT2D eigenvalue weighted by Crippen LogP contribution is 2.45. The lowest BCUT2D eigenvalue weighted by Gasteiger charge is -2.20. The SMILES string of the molecule is Cn1cncc1[C@@H]1CN(c2ncccn2)C[C@H]1CNC(=O)C1(C)CC1. The van der Waals surface area contributed by atoms with E-state index in [-0.39, 0.29) is 11.3 Å². The molecule has 2 fully saturated rings. The number of anilines is 1. The number of amides is 1. The van der Waals surface area contributed by atoms with E-state index in [0.29, 0.717) is 18.4 Å². The van der Waals surface area contributed by atoms with E-state index in [1.807, 2.05) is 32.6 Å². The second-order valence-corrected chi connectivity index (χ2v) is 7.52. The van der Waals surface area contributed by atoms with Crippen LogP contribution in [0.15, 0.2) is 31.0 Å². The summed E-state index contributed by atoms with van der Waals surface area (Å²) in [4.78, 5) is 27.6. The average Bonchev–Trinajstić information content (AvgIpc) is 3.05. The molecular formula is C18H24N6O. The van der Waals surface area contributed by atoms with Gasteiger partial charge in [-0.3, -0.25) is 4.79 Å². The van der Waals surface area contributed by atoms with Crippen molar-refractivity contribution in [1.82, 2.24) is 24.8 Å². The first-order chi connectivity index (χ1) is 12.1. The highest BCUT2D eigenvalue weighted by Gasteiger charge is 2.45. The lowest BCUT2D eigenvalue weighted by Crippen LogP contribution is -2.36. The Balaban J connectivity index is 1.51. The molecule has 132 valence electrons. The number of hydrogen-bond donors (Lipinski definition) is 1. The summed E-state index contributed by atoms with van der Waals surface area (Å²) in [7, 11) is 2.02. The first-order valence-corrected chi connectivity index (χ1v) is 8.83. The van der Waals surface area contributed by atoms with Crippen LogP contribution in [0.5, 0.6) is 0 Å². The van der Waals surface area contributed by atoms with E-state index in [1.54, 1.807) is 12.4 Å². The molecule has 0 spiro atoms. The van der Waals surface area contributed by atoms with Gasteiger partial charge in [-0.25, -0.2) is 15.0 Å². The number of carbonyl (C=O) groups excluding carboxylic acids is 1. The summed E-state index contributed by atoms with van der Waals surface area (Å²) in [5.41, 5.74) is 1.05. The first-order valence-electron chi connectivity index (χ1n) is 8.83. The molecule has 1 N–H and O–H groups in total. The van der Waals surface area contributed by atoms with Gasteiger partial charge < -0.3 is 14.8 Å². The summed E-state index contributed by atoms with van der Waals surface area (Å²) in [5.74, 6) is 1.54. The smallest absolute Gasteiger partial charge is 0.225 e. The number of nitrogens with one attached hydrogen (secondary N) is 1. The van der Waals surface area contributed by atoms with E-state index in [0.717, 1.165) is 31.9 Å². The maximum Gasteiger partial charge on any atom is 0.225 e. The molecule has 2 aromatic heterocycles. The van der Waals surface area contributed by atoms with Gasteiger partial charge in [-0.15, -0.1) is 0 Å². The fourth-order valence-corrected chi connectivity index (χ4v) is 3.61. The van der Waals surface area contributed by atoms with Crippen molar-refractivity contribution in [1.29, 1.82) is 0 Å². The van der Waals surface area contributed by atoms with E-state index in [1.165, 1.54) is 5.69 Å². The third-order valence-corrected chi connectivity index (χ3v) is 5.58. The molecule has 0 radical (unpaired) electrons. The van der Waals surface area contributed by atoms with Gasteiger partial charge in [0.15, 0.2) is 0 Å². The molecule has 2 aromatic rings. The normalized spacial score (nSPS) is 24.3. The van der Waals surface area contributed by atoms with Crippen molar-refractivity contribution in [3.05, 3.63) is 36.7 Å². The first kappa shape index (κ1) is 16.1.